The number of rotatable bonds is 2. The third-order valence-corrected chi connectivity index (χ3v) is 4.39. The summed E-state index contributed by atoms with van der Waals surface area (Å²) in [5.74, 6) is 0. The largest absolute Gasteiger partial charge is 0.248 e. The van der Waals surface area contributed by atoms with Crippen LogP contribution in [0.1, 0.15) is 0 Å². The van der Waals surface area contributed by atoms with Crippen molar-refractivity contribution in [3.63, 3.8) is 0 Å². The Kier molecular flexibility index (Phi) is 3.05. The lowest BCUT2D eigenvalue weighted by Gasteiger charge is -1.97. The molecule has 2 aromatic rings. The van der Waals surface area contributed by atoms with Crippen LogP contribution in [0.15, 0.2) is 44.0 Å². The summed E-state index contributed by atoms with van der Waals surface area (Å²) >= 11 is 4.48. The summed E-state index contributed by atoms with van der Waals surface area (Å²) in [5.41, 5.74) is 0. The normalized spacial score (nSPS) is 12.6. The van der Waals surface area contributed by atoms with Crippen molar-refractivity contribution in [2.75, 3.05) is 0 Å². The zero-order valence-electron chi connectivity index (χ0n) is 6.88. The third kappa shape index (κ3) is 2.08. The third-order valence-electron chi connectivity index (χ3n) is 1.55. The Hall–Kier alpha value is -0.590. The van der Waals surface area contributed by atoms with Crippen molar-refractivity contribution in [2.45, 2.75) is 9.10 Å². The first-order chi connectivity index (χ1) is 6.77. The predicted molar refractivity (Wildman–Crippen MR) is 58.7 cm³/mol. The Morgan fingerprint density at radius 1 is 1.29 bits per heavy atom. The standard InChI is InChI=1S/C8H5BrN2OS2/c9-6-1-3-7(4-2-6)14(12)8-5-10-11-13-8/h1-5H. The van der Waals surface area contributed by atoms with Gasteiger partial charge in [0.2, 0.25) is 0 Å². The Morgan fingerprint density at radius 2 is 2.00 bits per heavy atom. The van der Waals surface area contributed by atoms with Crippen LogP contribution in [0, 0.1) is 0 Å². The molecule has 0 aliphatic heterocycles. The molecule has 0 bridgehead atoms. The molecule has 1 aromatic heterocycles. The van der Waals surface area contributed by atoms with Crippen LogP contribution in [-0.2, 0) is 10.8 Å². The van der Waals surface area contributed by atoms with Gasteiger partial charge >= 0.3 is 0 Å². The molecular formula is C8H5BrN2OS2. The van der Waals surface area contributed by atoms with Crippen LogP contribution in [0.2, 0.25) is 0 Å². The highest BCUT2D eigenvalue weighted by molar-refractivity contribution is 9.10. The lowest BCUT2D eigenvalue weighted by molar-refractivity contribution is 0.684. The highest BCUT2D eigenvalue weighted by Gasteiger charge is 2.08. The summed E-state index contributed by atoms with van der Waals surface area (Å²) in [6.07, 6.45) is 1.53. The van der Waals surface area contributed by atoms with Gasteiger partial charge in [-0.3, -0.25) is 0 Å². The van der Waals surface area contributed by atoms with Crippen LogP contribution in [0.5, 0.6) is 0 Å². The van der Waals surface area contributed by atoms with Crippen molar-refractivity contribution in [2.24, 2.45) is 0 Å². The number of hydrogen-bond acceptors (Lipinski definition) is 4. The van der Waals surface area contributed by atoms with Gasteiger partial charge in [-0.2, -0.15) is 0 Å². The maximum absolute atomic E-state index is 11.8. The number of benzene rings is 1. The van der Waals surface area contributed by atoms with Crippen molar-refractivity contribution in [3.05, 3.63) is 34.9 Å². The predicted octanol–water partition coefficient (Wildman–Crippen LogP) is 2.47. The zero-order valence-corrected chi connectivity index (χ0v) is 10.1. The average molecular weight is 289 g/mol. The topological polar surface area (TPSA) is 42.9 Å². The van der Waals surface area contributed by atoms with E-state index in [0.717, 1.165) is 20.9 Å². The highest BCUT2D eigenvalue weighted by Crippen LogP contribution is 2.19. The fourth-order valence-electron chi connectivity index (χ4n) is 0.914. The van der Waals surface area contributed by atoms with Gasteiger partial charge in [0.25, 0.3) is 0 Å². The van der Waals surface area contributed by atoms with Gasteiger partial charge in [0.05, 0.1) is 17.0 Å². The Labute approximate surface area is 95.9 Å². The molecule has 0 spiro atoms. The molecule has 0 saturated heterocycles. The molecule has 14 heavy (non-hydrogen) atoms. The molecule has 2 rings (SSSR count). The second-order valence-corrected chi connectivity index (χ2v) is 5.87. The summed E-state index contributed by atoms with van der Waals surface area (Å²) in [6.45, 7) is 0. The molecular weight excluding hydrogens is 284 g/mol. The van der Waals surface area contributed by atoms with Crippen LogP contribution in [0.3, 0.4) is 0 Å². The van der Waals surface area contributed by atoms with Crippen molar-refractivity contribution >= 4 is 38.3 Å². The summed E-state index contributed by atoms with van der Waals surface area (Å²) in [4.78, 5) is 0.763. The maximum Gasteiger partial charge on any atom is 0.137 e. The summed E-state index contributed by atoms with van der Waals surface area (Å²) in [7, 11) is -1.15. The summed E-state index contributed by atoms with van der Waals surface area (Å²) in [6, 6.07) is 7.36. The van der Waals surface area contributed by atoms with E-state index in [9.17, 15) is 4.21 Å². The van der Waals surface area contributed by atoms with Crippen LogP contribution in [-0.4, -0.2) is 13.8 Å². The summed E-state index contributed by atoms with van der Waals surface area (Å²) < 4.78 is 17.2. The average Bonchev–Trinajstić information content (AvgIpc) is 2.71. The Balaban J connectivity index is 2.33. The minimum absolute atomic E-state index is 0.673. The molecule has 0 aliphatic carbocycles. The second-order valence-electron chi connectivity index (χ2n) is 2.46. The van der Waals surface area contributed by atoms with Crippen molar-refractivity contribution in [3.8, 4) is 0 Å². The highest BCUT2D eigenvalue weighted by atomic mass is 79.9. The monoisotopic (exact) mass is 288 g/mol. The molecule has 1 atom stereocenters. The van der Waals surface area contributed by atoms with Gasteiger partial charge in [-0.15, -0.1) is 5.10 Å². The van der Waals surface area contributed by atoms with E-state index in [2.05, 4.69) is 25.5 Å². The van der Waals surface area contributed by atoms with Gasteiger partial charge < -0.3 is 0 Å². The minimum atomic E-state index is -1.15. The van der Waals surface area contributed by atoms with Gasteiger partial charge in [-0.1, -0.05) is 20.4 Å². The first-order valence-corrected chi connectivity index (χ1v) is 6.44. The van der Waals surface area contributed by atoms with Gasteiger partial charge in [0, 0.05) is 9.37 Å². The van der Waals surface area contributed by atoms with Crippen LogP contribution < -0.4 is 0 Å². The maximum atomic E-state index is 11.8. The van der Waals surface area contributed by atoms with Crippen LogP contribution in [0.25, 0.3) is 0 Å². The van der Waals surface area contributed by atoms with Crippen molar-refractivity contribution in [1.82, 2.24) is 9.59 Å². The smallest absolute Gasteiger partial charge is 0.137 e. The SMILES string of the molecule is O=S(c1ccc(Br)cc1)c1cnns1. The van der Waals surface area contributed by atoms with Gasteiger partial charge in [-0.25, -0.2) is 4.21 Å². The molecule has 0 radical (unpaired) electrons. The van der Waals surface area contributed by atoms with Gasteiger partial charge in [-0.05, 0) is 35.8 Å². The zero-order chi connectivity index (χ0) is 9.97. The molecule has 6 heteroatoms. The van der Waals surface area contributed by atoms with Crippen molar-refractivity contribution in [1.29, 1.82) is 0 Å². The fourth-order valence-corrected chi connectivity index (χ4v) is 2.87. The first kappa shape index (κ1) is 9.95. The number of aromatic nitrogens is 2. The van der Waals surface area contributed by atoms with E-state index in [4.69, 9.17) is 0 Å². The van der Waals surface area contributed by atoms with E-state index in [0.29, 0.717) is 4.21 Å². The lowest BCUT2D eigenvalue weighted by Crippen LogP contribution is -1.88. The van der Waals surface area contributed by atoms with Gasteiger partial charge in [0.1, 0.15) is 4.21 Å². The van der Waals surface area contributed by atoms with Crippen LogP contribution >= 0.6 is 27.5 Å². The van der Waals surface area contributed by atoms with E-state index in [1.807, 2.05) is 24.3 Å². The molecule has 3 nitrogen and oxygen atoms in total. The molecule has 0 amide bonds. The molecule has 1 aromatic carbocycles. The Bertz CT molecular complexity index is 441. The van der Waals surface area contributed by atoms with Gasteiger partial charge in [0.15, 0.2) is 0 Å². The molecule has 72 valence electrons. The van der Waals surface area contributed by atoms with E-state index in [-0.39, 0.29) is 0 Å². The van der Waals surface area contributed by atoms with E-state index < -0.39 is 10.8 Å². The molecule has 0 aliphatic rings. The molecule has 0 N–H and O–H groups in total. The Morgan fingerprint density at radius 3 is 2.57 bits per heavy atom. The molecule has 1 heterocycles. The first-order valence-electron chi connectivity index (χ1n) is 3.72. The van der Waals surface area contributed by atoms with Crippen molar-refractivity contribution < 1.29 is 4.21 Å². The molecule has 0 saturated carbocycles. The summed E-state index contributed by atoms with van der Waals surface area (Å²) in [5, 5.41) is 3.65. The second kappa shape index (κ2) is 4.29. The van der Waals surface area contributed by atoms with E-state index >= 15 is 0 Å². The minimum Gasteiger partial charge on any atom is -0.248 e. The lowest BCUT2D eigenvalue weighted by atomic mass is 10.4. The van der Waals surface area contributed by atoms with E-state index in [1.54, 1.807) is 0 Å². The number of nitrogens with zero attached hydrogens (tertiary/aromatic N) is 2. The fraction of sp³-hybridized carbons (Fsp3) is 0. The number of hydrogen-bond donors (Lipinski definition) is 0. The molecule has 1 unspecified atom stereocenters. The van der Waals surface area contributed by atoms with Crippen LogP contribution in [0.4, 0.5) is 0 Å². The number of halogens is 1. The molecule has 0 fully saturated rings. The van der Waals surface area contributed by atoms with E-state index in [1.165, 1.54) is 6.20 Å². The quantitative estimate of drug-likeness (QED) is 0.853.